The van der Waals surface area contributed by atoms with E-state index in [0.717, 1.165) is 0 Å². The third-order valence-electron chi connectivity index (χ3n) is 2.82. The Kier molecular flexibility index (Phi) is 3.13. The Morgan fingerprint density at radius 3 is 3.29 bits per heavy atom. The SMILES string of the molecule is CC(CN)c1cnn(C2CCSC2)c1. The average Bonchev–Trinajstić information content (AvgIpc) is 2.86. The third kappa shape index (κ3) is 1.96. The first-order chi connectivity index (χ1) is 6.81. The molecule has 2 rings (SSSR count). The van der Waals surface area contributed by atoms with Crippen molar-refractivity contribution >= 4 is 11.8 Å². The summed E-state index contributed by atoms with van der Waals surface area (Å²) in [5.74, 6) is 2.91. The Morgan fingerprint density at radius 2 is 2.64 bits per heavy atom. The lowest BCUT2D eigenvalue weighted by molar-refractivity contribution is 0.501. The van der Waals surface area contributed by atoms with Crippen molar-refractivity contribution in [2.24, 2.45) is 5.73 Å². The van der Waals surface area contributed by atoms with Gasteiger partial charge in [0.05, 0.1) is 12.2 Å². The maximum absolute atomic E-state index is 5.63. The van der Waals surface area contributed by atoms with Gasteiger partial charge in [-0.05, 0) is 30.2 Å². The van der Waals surface area contributed by atoms with Crippen molar-refractivity contribution < 1.29 is 0 Å². The fourth-order valence-corrected chi connectivity index (χ4v) is 2.87. The molecule has 2 atom stereocenters. The van der Waals surface area contributed by atoms with E-state index in [1.165, 1.54) is 23.5 Å². The van der Waals surface area contributed by atoms with Gasteiger partial charge < -0.3 is 5.73 Å². The average molecular weight is 211 g/mol. The molecule has 1 aromatic heterocycles. The lowest BCUT2D eigenvalue weighted by Gasteiger charge is -2.08. The minimum absolute atomic E-state index is 0.429. The van der Waals surface area contributed by atoms with E-state index >= 15 is 0 Å². The zero-order chi connectivity index (χ0) is 9.97. The van der Waals surface area contributed by atoms with Gasteiger partial charge in [0.1, 0.15) is 0 Å². The van der Waals surface area contributed by atoms with Gasteiger partial charge >= 0.3 is 0 Å². The minimum atomic E-state index is 0.429. The van der Waals surface area contributed by atoms with E-state index in [1.807, 2.05) is 18.0 Å². The largest absolute Gasteiger partial charge is 0.330 e. The molecular weight excluding hydrogens is 194 g/mol. The van der Waals surface area contributed by atoms with E-state index < -0.39 is 0 Å². The Balaban J connectivity index is 2.08. The molecule has 2 unspecified atom stereocenters. The van der Waals surface area contributed by atoms with Gasteiger partial charge in [-0.2, -0.15) is 16.9 Å². The Bertz CT molecular complexity index is 291. The van der Waals surface area contributed by atoms with Crippen LogP contribution < -0.4 is 5.73 Å². The predicted octanol–water partition coefficient (Wildman–Crippen LogP) is 1.62. The zero-order valence-electron chi connectivity index (χ0n) is 8.52. The molecule has 3 nitrogen and oxygen atoms in total. The summed E-state index contributed by atoms with van der Waals surface area (Å²) in [7, 11) is 0. The Hall–Kier alpha value is -0.480. The molecule has 1 saturated heterocycles. The van der Waals surface area contributed by atoms with E-state index in [2.05, 4.69) is 22.9 Å². The van der Waals surface area contributed by atoms with Gasteiger partial charge in [0.2, 0.25) is 0 Å². The molecule has 0 bridgehead atoms. The molecule has 1 fully saturated rings. The lowest BCUT2D eigenvalue weighted by Crippen LogP contribution is -2.09. The van der Waals surface area contributed by atoms with Crippen molar-refractivity contribution in [1.82, 2.24) is 9.78 Å². The van der Waals surface area contributed by atoms with Crippen molar-refractivity contribution in [3.63, 3.8) is 0 Å². The first kappa shape index (κ1) is 10.1. The highest BCUT2D eigenvalue weighted by Crippen LogP contribution is 2.28. The van der Waals surface area contributed by atoms with Crippen molar-refractivity contribution in [2.45, 2.75) is 25.3 Å². The summed E-state index contributed by atoms with van der Waals surface area (Å²) in [6, 6.07) is 0.610. The van der Waals surface area contributed by atoms with Gasteiger partial charge in [-0.15, -0.1) is 0 Å². The first-order valence-corrected chi connectivity index (χ1v) is 6.28. The van der Waals surface area contributed by atoms with Crippen molar-refractivity contribution in [2.75, 3.05) is 18.1 Å². The monoisotopic (exact) mass is 211 g/mol. The molecule has 0 aliphatic carbocycles. The highest BCUT2D eigenvalue weighted by Gasteiger charge is 2.18. The van der Waals surface area contributed by atoms with Crippen LogP contribution >= 0.6 is 11.8 Å². The van der Waals surface area contributed by atoms with E-state index in [1.54, 1.807) is 0 Å². The summed E-state index contributed by atoms with van der Waals surface area (Å²) in [5, 5.41) is 4.42. The van der Waals surface area contributed by atoms with E-state index in [0.29, 0.717) is 18.5 Å². The second-order valence-corrected chi connectivity index (χ2v) is 5.06. The van der Waals surface area contributed by atoms with E-state index in [4.69, 9.17) is 5.73 Å². The molecule has 0 spiro atoms. The normalized spacial score (nSPS) is 24.0. The molecule has 14 heavy (non-hydrogen) atoms. The number of thioether (sulfide) groups is 1. The smallest absolute Gasteiger partial charge is 0.0617 e. The number of aromatic nitrogens is 2. The van der Waals surface area contributed by atoms with Crippen LogP contribution in [0.2, 0.25) is 0 Å². The third-order valence-corrected chi connectivity index (χ3v) is 3.97. The topological polar surface area (TPSA) is 43.8 Å². The molecule has 1 aliphatic rings. The summed E-state index contributed by atoms with van der Waals surface area (Å²) in [4.78, 5) is 0. The van der Waals surface area contributed by atoms with Crippen LogP contribution in [-0.4, -0.2) is 27.8 Å². The highest BCUT2D eigenvalue weighted by molar-refractivity contribution is 7.99. The standard InChI is InChI=1S/C10H17N3S/c1-8(4-11)9-5-12-13(6-9)10-2-3-14-7-10/h5-6,8,10H,2-4,7,11H2,1H3. The van der Waals surface area contributed by atoms with Crippen LogP contribution in [0.5, 0.6) is 0 Å². The molecule has 4 heteroatoms. The highest BCUT2D eigenvalue weighted by atomic mass is 32.2. The van der Waals surface area contributed by atoms with Gasteiger partial charge in [-0.1, -0.05) is 6.92 Å². The summed E-state index contributed by atoms with van der Waals surface area (Å²) in [6.45, 7) is 2.84. The van der Waals surface area contributed by atoms with Gasteiger partial charge in [-0.3, -0.25) is 4.68 Å². The molecule has 0 aromatic carbocycles. The van der Waals surface area contributed by atoms with Gasteiger partial charge in [0, 0.05) is 11.9 Å². The number of nitrogens with zero attached hydrogens (tertiary/aromatic N) is 2. The number of hydrogen-bond donors (Lipinski definition) is 1. The van der Waals surface area contributed by atoms with Crippen LogP contribution in [0.1, 0.15) is 30.9 Å². The predicted molar refractivity (Wildman–Crippen MR) is 60.7 cm³/mol. The molecule has 0 amide bonds. The Labute approximate surface area is 89.1 Å². The van der Waals surface area contributed by atoms with Crippen molar-refractivity contribution in [1.29, 1.82) is 0 Å². The van der Waals surface area contributed by atoms with Gasteiger partial charge in [-0.25, -0.2) is 0 Å². The van der Waals surface area contributed by atoms with Crippen LogP contribution in [0.15, 0.2) is 12.4 Å². The maximum Gasteiger partial charge on any atom is 0.0617 e. The summed E-state index contributed by atoms with van der Waals surface area (Å²) in [5.41, 5.74) is 6.89. The van der Waals surface area contributed by atoms with E-state index in [-0.39, 0.29) is 0 Å². The molecule has 0 saturated carbocycles. The van der Waals surface area contributed by atoms with Crippen LogP contribution in [0.25, 0.3) is 0 Å². The second-order valence-electron chi connectivity index (χ2n) is 3.91. The number of nitrogens with two attached hydrogens (primary N) is 1. The summed E-state index contributed by atoms with van der Waals surface area (Å²) in [6.07, 6.45) is 5.37. The van der Waals surface area contributed by atoms with Crippen molar-refractivity contribution in [3.05, 3.63) is 18.0 Å². The molecule has 1 aliphatic heterocycles. The molecule has 1 aromatic rings. The molecular formula is C10H17N3S. The van der Waals surface area contributed by atoms with Crippen LogP contribution in [-0.2, 0) is 0 Å². The molecule has 78 valence electrons. The fourth-order valence-electron chi connectivity index (χ4n) is 1.67. The quantitative estimate of drug-likeness (QED) is 0.826. The Morgan fingerprint density at radius 1 is 1.79 bits per heavy atom. The van der Waals surface area contributed by atoms with Crippen LogP contribution in [0.4, 0.5) is 0 Å². The zero-order valence-corrected chi connectivity index (χ0v) is 9.33. The van der Waals surface area contributed by atoms with Crippen molar-refractivity contribution in [3.8, 4) is 0 Å². The number of hydrogen-bond acceptors (Lipinski definition) is 3. The molecule has 2 N–H and O–H groups in total. The first-order valence-electron chi connectivity index (χ1n) is 5.13. The lowest BCUT2D eigenvalue weighted by atomic mass is 10.1. The van der Waals surface area contributed by atoms with Crippen LogP contribution in [0.3, 0.4) is 0 Å². The maximum atomic E-state index is 5.63. The summed E-state index contributed by atoms with van der Waals surface area (Å²) >= 11 is 2.01. The minimum Gasteiger partial charge on any atom is -0.330 e. The van der Waals surface area contributed by atoms with Gasteiger partial charge in [0.25, 0.3) is 0 Å². The summed E-state index contributed by atoms with van der Waals surface area (Å²) < 4.78 is 2.11. The number of rotatable bonds is 3. The fraction of sp³-hybridized carbons (Fsp3) is 0.700. The molecule has 0 radical (unpaired) electrons. The van der Waals surface area contributed by atoms with Gasteiger partial charge in [0.15, 0.2) is 0 Å². The molecule has 2 heterocycles. The van der Waals surface area contributed by atoms with Crippen LogP contribution in [0, 0.1) is 0 Å². The second kappa shape index (κ2) is 4.36. The van der Waals surface area contributed by atoms with E-state index in [9.17, 15) is 0 Å².